The second kappa shape index (κ2) is 10.0. The number of rotatable bonds is 8. The van der Waals surface area contributed by atoms with E-state index in [-0.39, 0.29) is 17.7 Å². The minimum atomic E-state index is -0.0592. The summed E-state index contributed by atoms with van der Waals surface area (Å²) in [6, 6.07) is 14.0. The summed E-state index contributed by atoms with van der Waals surface area (Å²) in [7, 11) is 0. The maximum absolute atomic E-state index is 12.4. The first-order valence-electron chi connectivity index (χ1n) is 10.7. The lowest BCUT2D eigenvalue weighted by molar-refractivity contribution is -0.119. The van der Waals surface area contributed by atoms with E-state index in [0.717, 1.165) is 29.7 Å². The van der Waals surface area contributed by atoms with Crippen LogP contribution in [-0.4, -0.2) is 28.5 Å². The molecule has 7 heteroatoms. The molecule has 0 bridgehead atoms. The fourth-order valence-electron chi connectivity index (χ4n) is 3.76. The molecule has 2 aromatic carbocycles. The van der Waals surface area contributed by atoms with Crippen LogP contribution < -0.4 is 10.1 Å². The second-order valence-electron chi connectivity index (χ2n) is 7.64. The van der Waals surface area contributed by atoms with E-state index in [1.54, 1.807) is 0 Å². The summed E-state index contributed by atoms with van der Waals surface area (Å²) in [5.74, 6) is 1.38. The summed E-state index contributed by atoms with van der Waals surface area (Å²) in [5.41, 5.74) is 4.83. The van der Waals surface area contributed by atoms with Crippen LogP contribution in [0.25, 0.3) is 11.5 Å². The third-order valence-corrected chi connectivity index (χ3v) is 6.21. The lowest BCUT2D eigenvalue weighted by Crippen LogP contribution is -2.28. The number of nitrogens with zero attached hydrogens (tertiary/aromatic N) is 2. The van der Waals surface area contributed by atoms with Gasteiger partial charge >= 0.3 is 0 Å². The van der Waals surface area contributed by atoms with Crippen molar-refractivity contribution in [2.24, 2.45) is 0 Å². The molecule has 0 fully saturated rings. The van der Waals surface area contributed by atoms with E-state index in [9.17, 15) is 4.79 Å². The molecule has 1 N–H and O–H groups in total. The standard InChI is InChI=1S/C24H27N3O3S/c1-3-29-21-12-10-18(11-13-21)23-26-27-24(30-23)31-15-22(28)25-16(2)19-9-8-17-6-4-5-7-20(17)14-19/h8-14,16H,3-7,15H2,1-2H3,(H,25,28). The van der Waals surface area contributed by atoms with E-state index in [0.29, 0.717) is 17.7 Å². The Labute approximate surface area is 186 Å². The number of hydrogen-bond acceptors (Lipinski definition) is 6. The zero-order chi connectivity index (χ0) is 21.6. The Morgan fingerprint density at radius 2 is 1.90 bits per heavy atom. The van der Waals surface area contributed by atoms with Crippen molar-refractivity contribution in [1.29, 1.82) is 0 Å². The number of nitrogens with one attached hydrogen (secondary N) is 1. The van der Waals surface area contributed by atoms with E-state index in [2.05, 4.69) is 33.7 Å². The van der Waals surface area contributed by atoms with Gasteiger partial charge in [0.15, 0.2) is 0 Å². The predicted octanol–water partition coefficient (Wildman–Crippen LogP) is 4.98. The summed E-state index contributed by atoms with van der Waals surface area (Å²) in [5, 5.41) is 11.6. The summed E-state index contributed by atoms with van der Waals surface area (Å²) in [6.45, 7) is 4.58. The second-order valence-corrected chi connectivity index (χ2v) is 8.57. The molecule has 0 saturated heterocycles. The highest BCUT2D eigenvalue weighted by Gasteiger charge is 2.16. The van der Waals surface area contributed by atoms with Crippen LogP contribution in [0.15, 0.2) is 52.1 Å². The fraction of sp³-hybridized carbons (Fsp3) is 0.375. The third-order valence-electron chi connectivity index (χ3n) is 5.40. The first-order chi connectivity index (χ1) is 15.1. The van der Waals surface area contributed by atoms with Gasteiger partial charge in [0, 0.05) is 5.56 Å². The van der Waals surface area contributed by atoms with Gasteiger partial charge < -0.3 is 14.5 Å². The number of ether oxygens (including phenoxy) is 1. The van der Waals surface area contributed by atoms with E-state index in [4.69, 9.17) is 9.15 Å². The number of hydrogen-bond donors (Lipinski definition) is 1. The average Bonchev–Trinajstić information content (AvgIpc) is 3.27. The maximum atomic E-state index is 12.4. The number of fused-ring (bicyclic) bond motifs is 1. The van der Waals surface area contributed by atoms with Gasteiger partial charge in [-0.15, -0.1) is 10.2 Å². The Morgan fingerprint density at radius 1 is 1.13 bits per heavy atom. The predicted molar refractivity (Wildman–Crippen MR) is 121 cm³/mol. The Balaban J connectivity index is 1.30. The van der Waals surface area contributed by atoms with Crippen LogP contribution in [0.3, 0.4) is 0 Å². The van der Waals surface area contributed by atoms with Gasteiger partial charge in [-0.25, -0.2) is 0 Å². The van der Waals surface area contributed by atoms with E-state index >= 15 is 0 Å². The molecule has 1 aliphatic carbocycles. The van der Waals surface area contributed by atoms with Crippen molar-refractivity contribution in [2.45, 2.75) is 50.8 Å². The number of thioether (sulfide) groups is 1. The summed E-state index contributed by atoms with van der Waals surface area (Å²) >= 11 is 1.24. The zero-order valence-corrected chi connectivity index (χ0v) is 18.7. The Hall–Kier alpha value is -2.80. The summed E-state index contributed by atoms with van der Waals surface area (Å²) < 4.78 is 11.1. The smallest absolute Gasteiger partial charge is 0.277 e. The molecule has 1 atom stereocenters. The van der Waals surface area contributed by atoms with Crippen molar-refractivity contribution in [3.05, 3.63) is 59.2 Å². The first kappa shape index (κ1) is 21.4. The Kier molecular flexibility index (Phi) is 6.92. The lowest BCUT2D eigenvalue weighted by Gasteiger charge is -2.20. The molecule has 0 aliphatic heterocycles. The van der Waals surface area contributed by atoms with Crippen molar-refractivity contribution < 1.29 is 13.9 Å². The minimum absolute atomic E-state index is 0.0394. The average molecular weight is 438 g/mol. The van der Waals surface area contributed by atoms with Crippen molar-refractivity contribution in [1.82, 2.24) is 15.5 Å². The number of carbonyl (C=O) groups is 1. The molecular weight excluding hydrogens is 410 g/mol. The van der Waals surface area contributed by atoms with E-state index in [1.807, 2.05) is 38.1 Å². The Morgan fingerprint density at radius 3 is 2.68 bits per heavy atom. The van der Waals surface area contributed by atoms with Gasteiger partial charge in [-0.1, -0.05) is 30.0 Å². The topological polar surface area (TPSA) is 77.2 Å². The fourth-order valence-corrected chi connectivity index (χ4v) is 4.34. The molecule has 1 heterocycles. The summed E-state index contributed by atoms with van der Waals surface area (Å²) in [4.78, 5) is 12.4. The van der Waals surface area contributed by atoms with Gasteiger partial charge in [-0.3, -0.25) is 4.79 Å². The van der Waals surface area contributed by atoms with Crippen LogP contribution in [0.2, 0.25) is 0 Å². The van der Waals surface area contributed by atoms with Gasteiger partial charge in [0.05, 0.1) is 18.4 Å². The van der Waals surface area contributed by atoms with Gasteiger partial charge in [-0.05, 0) is 80.5 Å². The van der Waals surface area contributed by atoms with Crippen molar-refractivity contribution in [3.63, 3.8) is 0 Å². The highest BCUT2D eigenvalue weighted by Crippen LogP contribution is 2.26. The molecule has 1 aliphatic rings. The first-order valence-corrected chi connectivity index (χ1v) is 11.7. The Bertz CT molecular complexity index is 1030. The molecule has 31 heavy (non-hydrogen) atoms. The normalized spacial score (nSPS) is 14.0. The van der Waals surface area contributed by atoms with Crippen LogP contribution in [0.4, 0.5) is 0 Å². The molecule has 0 radical (unpaired) electrons. The van der Waals surface area contributed by atoms with E-state index < -0.39 is 0 Å². The highest BCUT2D eigenvalue weighted by atomic mass is 32.2. The number of carbonyl (C=O) groups excluding carboxylic acids is 1. The molecule has 1 amide bonds. The number of benzene rings is 2. The van der Waals surface area contributed by atoms with Crippen molar-refractivity contribution in [3.8, 4) is 17.2 Å². The molecule has 6 nitrogen and oxygen atoms in total. The van der Waals surface area contributed by atoms with Crippen LogP contribution in [0.1, 0.15) is 49.4 Å². The molecule has 3 aromatic rings. The highest BCUT2D eigenvalue weighted by molar-refractivity contribution is 7.99. The minimum Gasteiger partial charge on any atom is -0.494 e. The molecule has 1 unspecified atom stereocenters. The van der Waals surface area contributed by atoms with Crippen LogP contribution >= 0.6 is 11.8 Å². The zero-order valence-electron chi connectivity index (χ0n) is 17.9. The molecule has 0 spiro atoms. The van der Waals surface area contributed by atoms with Gasteiger partial charge in [0.1, 0.15) is 5.75 Å². The number of aryl methyl sites for hydroxylation is 2. The van der Waals surface area contributed by atoms with Crippen LogP contribution in [0.5, 0.6) is 5.75 Å². The summed E-state index contributed by atoms with van der Waals surface area (Å²) in [6.07, 6.45) is 4.81. The van der Waals surface area contributed by atoms with Gasteiger partial charge in [0.2, 0.25) is 11.8 Å². The third kappa shape index (κ3) is 5.47. The van der Waals surface area contributed by atoms with Crippen LogP contribution in [0, 0.1) is 0 Å². The monoisotopic (exact) mass is 437 g/mol. The molecule has 4 rings (SSSR count). The molecule has 0 saturated carbocycles. The number of aromatic nitrogens is 2. The van der Waals surface area contributed by atoms with Crippen molar-refractivity contribution in [2.75, 3.05) is 12.4 Å². The van der Waals surface area contributed by atoms with E-state index in [1.165, 1.54) is 35.7 Å². The number of amides is 1. The van der Waals surface area contributed by atoms with Gasteiger partial charge in [0.25, 0.3) is 5.22 Å². The molecule has 1 aromatic heterocycles. The van der Waals surface area contributed by atoms with Crippen molar-refractivity contribution >= 4 is 17.7 Å². The van der Waals surface area contributed by atoms with Gasteiger partial charge in [-0.2, -0.15) is 0 Å². The molecular formula is C24H27N3O3S. The van der Waals surface area contributed by atoms with Crippen LogP contribution in [-0.2, 0) is 17.6 Å². The quantitative estimate of drug-likeness (QED) is 0.501. The molecule has 162 valence electrons. The maximum Gasteiger partial charge on any atom is 0.277 e. The lowest BCUT2D eigenvalue weighted by atomic mass is 9.89. The largest absolute Gasteiger partial charge is 0.494 e. The SMILES string of the molecule is CCOc1ccc(-c2nnc(SCC(=O)NC(C)c3ccc4c(c3)CCCC4)o2)cc1.